The molecule has 0 spiro atoms. The van der Waals surface area contributed by atoms with Gasteiger partial charge in [-0.15, -0.1) is 0 Å². The van der Waals surface area contributed by atoms with Crippen LogP contribution in [0, 0.1) is 5.82 Å². The van der Waals surface area contributed by atoms with Crippen LogP contribution in [0.3, 0.4) is 0 Å². The Labute approximate surface area is 125 Å². The van der Waals surface area contributed by atoms with Gasteiger partial charge in [-0.3, -0.25) is 4.98 Å². The zero-order chi connectivity index (χ0) is 14.7. The number of fused-ring (bicyclic) bond motifs is 1. The van der Waals surface area contributed by atoms with Crippen LogP contribution in [0.4, 0.5) is 4.39 Å². The third-order valence-corrected chi connectivity index (χ3v) is 4.47. The average molecular weight is 284 g/mol. The Bertz CT molecular complexity index is 594. The van der Waals surface area contributed by atoms with E-state index in [1.54, 1.807) is 6.07 Å². The predicted molar refractivity (Wildman–Crippen MR) is 82.7 cm³/mol. The molecule has 1 aromatic heterocycles. The van der Waals surface area contributed by atoms with Gasteiger partial charge in [0, 0.05) is 6.04 Å². The normalized spacial score (nSPS) is 19.0. The lowest BCUT2D eigenvalue weighted by molar-refractivity contribution is 0.433. The Hall–Kier alpha value is -1.74. The van der Waals surface area contributed by atoms with E-state index in [0.717, 1.165) is 12.1 Å². The molecule has 0 fully saturated rings. The molecule has 1 aliphatic rings. The Balaban J connectivity index is 1.80. The highest BCUT2D eigenvalue weighted by Crippen LogP contribution is 2.37. The highest BCUT2D eigenvalue weighted by atomic mass is 19.1. The van der Waals surface area contributed by atoms with Crippen molar-refractivity contribution >= 4 is 0 Å². The van der Waals surface area contributed by atoms with Crippen LogP contribution in [-0.2, 0) is 6.42 Å². The van der Waals surface area contributed by atoms with Crippen LogP contribution in [0.5, 0.6) is 0 Å². The predicted octanol–water partition coefficient (Wildman–Crippen LogP) is 3.99. The van der Waals surface area contributed by atoms with Crippen LogP contribution >= 0.6 is 0 Å². The van der Waals surface area contributed by atoms with E-state index in [4.69, 9.17) is 0 Å². The van der Waals surface area contributed by atoms with E-state index in [1.165, 1.54) is 42.7 Å². The summed E-state index contributed by atoms with van der Waals surface area (Å²) in [4.78, 5) is 4.23. The number of aryl methyl sites for hydroxylation is 1. The fourth-order valence-electron chi connectivity index (χ4n) is 3.36. The number of rotatable bonds is 4. The molecule has 0 saturated heterocycles. The largest absolute Gasteiger partial charge is 0.312 e. The molecule has 2 aromatic rings. The zero-order valence-corrected chi connectivity index (χ0v) is 12.3. The summed E-state index contributed by atoms with van der Waals surface area (Å²) in [6, 6.07) is 12.2. The van der Waals surface area contributed by atoms with E-state index in [9.17, 15) is 4.39 Å². The summed E-state index contributed by atoms with van der Waals surface area (Å²) in [5.41, 5.74) is 3.88. The van der Waals surface area contributed by atoms with Gasteiger partial charge in [0.15, 0.2) is 0 Å². The van der Waals surface area contributed by atoms with Crippen molar-refractivity contribution in [3.8, 4) is 0 Å². The van der Waals surface area contributed by atoms with Gasteiger partial charge in [-0.2, -0.15) is 0 Å². The molecular formula is C18H21FN2. The molecule has 1 aromatic carbocycles. The smallest absolute Gasteiger partial charge is 0.141 e. The van der Waals surface area contributed by atoms with Crippen molar-refractivity contribution in [1.29, 1.82) is 0 Å². The molecule has 0 bridgehead atoms. The maximum absolute atomic E-state index is 13.0. The summed E-state index contributed by atoms with van der Waals surface area (Å²) < 4.78 is 13.0. The number of nitrogens with zero attached hydrogens (tertiary/aromatic N) is 1. The first-order valence-corrected chi connectivity index (χ1v) is 7.64. The molecule has 1 N–H and O–H groups in total. The summed E-state index contributed by atoms with van der Waals surface area (Å²) >= 11 is 0. The third-order valence-electron chi connectivity index (χ3n) is 4.47. The van der Waals surface area contributed by atoms with Crippen LogP contribution in [0.1, 0.15) is 48.0 Å². The van der Waals surface area contributed by atoms with Crippen molar-refractivity contribution in [2.24, 2.45) is 0 Å². The SMILES string of the molecule is CNC(CC1CCCc2ccccc21)c1ccc(F)cn1. The van der Waals surface area contributed by atoms with E-state index >= 15 is 0 Å². The number of hydrogen-bond donors (Lipinski definition) is 1. The van der Waals surface area contributed by atoms with Gasteiger partial charge < -0.3 is 5.32 Å². The maximum Gasteiger partial charge on any atom is 0.141 e. The molecule has 3 heteroatoms. The van der Waals surface area contributed by atoms with Crippen molar-refractivity contribution in [3.05, 3.63) is 65.2 Å². The number of halogens is 1. The average Bonchev–Trinajstić information content (AvgIpc) is 2.54. The van der Waals surface area contributed by atoms with Gasteiger partial charge in [-0.05, 0) is 61.9 Å². The third kappa shape index (κ3) is 3.13. The van der Waals surface area contributed by atoms with Crippen molar-refractivity contribution in [2.45, 2.75) is 37.6 Å². The molecule has 1 heterocycles. The fourth-order valence-corrected chi connectivity index (χ4v) is 3.36. The first-order chi connectivity index (χ1) is 10.3. The van der Waals surface area contributed by atoms with Crippen LogP contribution in [0.15, 0.2) is 42.6 Å². The number of aromatic nitrogens is 1. The molecule has 21 heavy (non-hydrogen) atoms. The Morgan fingerprint density at radius 2 is 2.14 bits per heavy atom. The highest BCUT2D eigenvalue weighted by Gasteiger charge is 2.23. The second-order valence-corrected chi connectivity index (χ2v) is 5.77. The lowest BCUT2D eigenvalue weighted by Crippen LogP contribution is -2.22. The number of hydrogen-bond acceptors (Lipinski definition) is 2. The van der Waals surface area contributed by atoms with Crippen LogP contribution in [-0.4, -0.2) is 12.0 Å². The molecular weight excluding hydrogens is 263 g/mol. The molecule has 110 valence electrons. The first-order valence-electron chi connectivity index (χ1n) is 7.64. The van der Waals surface area contributed by atoms with E-state index in [-0.39, 0.29) is 11.9 Å². The molecule has 0 amide bonds. The molecule has 0 saturated carbocycles. The summed E-state index contributed by atoms with van der Waals surface area (Å²) in [5, 5.41) is 3.33. The van der Waals surface area contributed by atoms with Crippen molar-refractivity contribution in [1.82, 2.24) is 10.3 Å². The monoisotopic (exact) mass is 284 g/mol. The van der Waals surface area contributed by atoms with Crippen LogP contribution in [0.25, 0.3) is 0 Å². The van der Waals surface area contributed by atoms with Gasteiger partial charge in [0.2, 0.25) is 0 Å². The van der Waals surface area contributed by atoms with E-state index < -0.39 is 0 Å². The Morgan fingerprint density at radius 3 is 2.90 bits per heavy atom. The van der Waals surface area contributed by atoms with Crippen LogP contribution in [0.2, 0.25) is 0 Å². The molecule has 2 atom stereocenters. The first kappa shape index (κ1) is 14.2. The quantitative estimate of drug-likeness (QED) is 0.918. The standard InChI is InChI=1S/C18H21FN2/c1-20-18(17-10-9-15(19)12-21-17)11-14-7-4-6-13-5-2-3-8-16(13)14/h2-3,5,8-10,12,14,18,20H,4,6-7,11H2,1H3. The van der Waals surface area contributed by atoms with Crippen molar-refractivity contribution < 1.29 is 4.39 Å². The maximum atomic E-state index is 13.0. The minimum Gasteiger partial charge on any atom is -0.312 e. The highest BCUT2D eigenvalue weighted by molar-refractivity contribution is 5.33. The van der Waals surface area contributed by atoms with Gasteiger partial charge >= 0.3 is 0 Å². The molecule has 2 nitrogen and oxygen atoms in total. The lowest BCUT2D eigenvalue weighted by Gasteiger charge is -2.28. The van der Waals surface area contributed by atoms with Crippen molar-refractivity contribution in [3.63, 3.8) is 0 Å². The Kier molecular flexibility index (Phi) is 4.30. The van der Waals surface area contributed by atoms with Gasteiger partial charge in [-0.1, -0.05) is 24.3 Å². The Morgan fingerprint density at radius 1 is 1.29 bits per heavy atom. The molecule has 2 unspecified atom stereocenters. The van der Waals surface area contributed by atoms with Gasteiger partial charge in [0.25, 0.3) is 0 Å². The molecule has 0 radical (unpaired) electrons. The van der Waals surface area contributed by atoms with E-state index in [1.807, 2.05) is 7.05 Å². The minimum absolute atomic E-state index is 0.168. The number of pyridine rings is 1. The topological polar surface area (TPSA) is 24.9 Å². The number of benzene rings is 1. The summed E-state index contributed by atoms with van der Waals surface area (Å²) in [6.07, 6.45) is 5.96. The van der Waals surface area contributed by atoms with Gasteiger partial charge in [0.1, 0.15) is 5.82 Å². The summed E-state index contributed by atoms with van der Waals surface area (Å²) in [5.74, 6) is 0.274. The van der Waals surface area contributed by atoms with Crippen LogP contribution < -0.4 is 5.32 Å². The van der Waals surface area contributed by atoms with Crippen molar-refractivity contribution in [2.75, 3.05) is 7.05 Å². The van der Waals surface area contributed by atoms with E-state index in [0.29, 0.717) is 5.92 Å². The van der Waals surface area contributed by atoms with E-state index in [2.05, 4.69) is 34.6 Å². The van der Waals surface area contributed by atoms with Gasteiger partial charge in [-0.25, -0.2) is 4.39 Å². The summed E-state index contributed by atoms with van der Waals surface area (Å²) in [6.45, 7) is 0. The zero-order valence-electron chi connectivity index (χ0n) is 12.3. The second kappa shape index (κ2) is 6.35. The second-order valence-electron chi connectivity index (χ2n) is 5.77. The molecule has 1 aliphatic carbocycles. The lowest BCUT2D eigenvalue weighted by atomic mass is 9.79. The summed E-state index contributed by atoms with van der Waals surface area (Å²) in [7, 11) is 1.95. The molecule has 3 rings (SSSR count). The number of nitrogens with one attached hydrogen (secondary N) is 1. The minimum atomic E-state index is -0.281. The fraction of sp³-hybridized carbons (Fsp3) is 0.389. The van der Waals surface area contributed by atoms with Gasteiger partial charge in [0.05, 0.1) is 11.9 Å². The molecule has 0 aliphatic heterocycles.